The lowest BCUT2D eigenvalue weighted by Crippen LogP contribution is -2.18. The van der Waals surface area contributed by atoms with Crippen molar-refractivity contribution in [3.63, 3.8) is 0 Å². The van der Waals surface area contributed by atoms with Crippen LogP contribution in [0.2, 0.25) is 25.7 Å². The average Bonchev–Trinajstić information content (AvgIpc) is 2.49. The van der Waals surface area contributed by atoms with E-state index in [4.69, 9.17) is 4.74 Å². The van der Waals surface area contributed by atoms with Gasteiger partial charge < -0.3 is 14.6 Å². The number of hydrogen-bond donors (Lipinski definition) is 1. The first-order chi connectivity index (χ1) is 12.1. The fraction of sp³-hybridized carbons (Fsp3) is 0.684. The Labute approximate surface area is 155 Å². The summed E-state index contributed by atoms with van der Waals surface area (Å²) in [6.45, 7) is 7.64. The minimum atomic E-state index is -4.84. The monoisotopic (exact) mass is 392 g/mol. The summed E-state index contributed by atoms with van der Waals surface area (Å²) in [6.07, 6.45) is 3.32. The molecule has 1 aromatic carbocycles. The molecule has 0 fully saturated rings. The quantitative estimate of drug-likeness (QED) is 0.316. The van der Waals surface area contributed by atoms with Crippen molar-refractivity contribution in [2.24, 2.45) is 0 Å². The van der Waals surface area contributed by atoms with Gasteiger partial charge in [0.25, 0.3) is 0 Å². The third-order valence-electron chi connectivity index (χ3n) is 4.00. The number of phenolic OH excluding ortho intramolecular Hbond substituents is 1. The molecule has 1 N–H and O–H groups in total. The predicted octanol–water partition coefficient (Wildman–Crippen LogP) is 6.74. The largest absolute Gasteiger partial charge is 0.573 e. The van der Waals surface area contributed by atoms with Crippen LogP contribution in [0.1, 0.15) is 44.9 Å². The number of halogens is 3. The van der Waals surface area contributed by atoms with E-state index in [1.807, 2.05) is 0 Å². The standard InChI is InChI=1S/C19H31F3O3Si/c1-26(2,3)14-10-8-6-4-5-7-9-13-24-16-11-12-17(23)18(15-16)25-19(20,21)22/h11-12,15,23H,4-10,13-14H2,1-3H3. The Morgan fingerprint density at radius 1 is 0.923 bits per heavy atom. The maximum atomic E-state index is 12.2. The smallest absolute Gasteiger partial charge is 0.504 e. The molecule has 0 aliphatic heterocycles. The van der Waals surface area contributed by atoms with Gasteiger partial charge in [0.2, 0.25) is 0 Å². The van der Waals surface area contributed by atoms with Gasteiger partial charge in [-0.05, 0) is 18.6 Å². The fourth-order valence-corrected chi connectivity index (χ4v) is 3.93. The number of rotatable bonds is 12. The summed E-state index contributed by atoms with van der Waals surface area (Å²) >= 11 is 0. The molecule has 0 bridgehead atoms. The summed E-state index contributed by atoms with van der Waals surface area (Å²) in [7, 11) is -0.900. The molecule has 1 aromatic rings. The summed E-state index contributed by atoms with van der Waals surface area (Å²) in [5, 5.41) is 9.39. The van der Waals surface area contributed by atoms with Gasteiger partial charge in [0.05, 0.1) is 6.61 Å². The molecule has 0 unspecified atom stereocenters. The molecule has 0 aliphatic carbocycles. The Morgan fingerprint density at radius 3 is 2.08 bits per heavy atom. The second-order valence-electron chi connectivity index (χ2n) is 7.81. The number of ether oxygens (including phenoxy) is 2. The van der Waals surface area contributed by atoms with E-state index in [1.54, 1.807) is 0 Å². The van der Waals surface area contributed by atoms with E-state index in [1.165, 1.54) is 37.8 Å². The van der Waals surface area contributed by atoms with Gasteiger partial charge in [0.1, 0.15) is 5.75 Å². The van der Waals surface area contributed by atoms with Crippen molar-refractivity contribution in [1.29, 1.82) is 0 Å². The fourth-order valence-electron chi connectivity index (χ4n) is 2.62. The number of phenols is 1. The van der Waals surface area contributed by atoms with Crippen LogP contribution in [0.3, 0.4) is 0 Å². The molecule has 0 saturated heterocycles. The Kier molecular flexibility index (Phi) is 9.33. The normalized spacial score (nSPS) is 12.2. The van der Waals surface area contributed by atoms with Crippen LogP contribution in [0.5, 0.6) is 17.2 Å². The lowest BCUT2D eigenvalue weighted by Gasteiger charge is -2.14. The van der Waals surface area contributed by atoms with Crippen molar-refractivity contribution in [3.05, 3.63) is 18.2 Å². The van der Waals surface area contributed by atoms with Crippen LogP contribution in [-0.2, 0) is 0 Å². The van der Waals surface area contributed by atoms with Crippen LogP contribution in [0, 0.1) is 0 Å². The van der Waals surface area contributed by atoms with E-state index in [0.717, 1.165) is 31.4 Å². The van der Waals surface area contributed by atoms with Gasteiger partial charge in [0.15, 0.2) is 11.5 Å². The van der Waals surface area contributed by atoms with Crippen LogP contribution in [0.15, 0.2) is 18.2 Å². The lowest BCUT2D eigenvalue weighted by atomic mass is 10.1. The van der Waals surface area contributed by atoms with Crippen LogP contribution in [0.4, 0.5) is 13.2 Å². The zero-order valence-electron chi connectivity index (χ0n) is 16.0. The molecule has 0 aromatic heterocycles. The Bertz CT molecular complexity index is 528. The third-order valence-corrected chi connectivity index (χ3v) is 5.85. The van der Waals surface area contributed by atoms with Crippen LogP contribution in [0.25, 0.3) is 0 Å². The minimum Gasteiger partial charge on any atom is -0.504 e. The van der Waals surface area contributed by atoms with Gasteiger partial charge in [0, 0.05) is 14.1 Å². The Balaban J connectivity index is 2.14. The zero-order chi connectivity index (χ0) is 19.6. The topological polar surface area (TPSA) is 38.7 Å². The molecule has 1 rings (SSSR count). The van der Waals surface area contributed by atoms with Gasteiger partial charge >= 0.3 is 6.36 Å². The second kappa shape index (κ2) is 10.7. The first-order valence-electron chi connectivity index (χ1n) is 9.28. The lowest BCUT2D eigenvalue weighted by molar-refractivity contribution is -0.275. The molecule has 150 valence electrons. The van der Waals surface area contributed by atoms with Crippen molar-refractivity contribution in [2.45, 2.75) is 77.0 Å². The Hall–Kier alpha value is -1.37. The molecule has 0 amide bonds. The van der Waals surface area contributed by atoms with Crippen molar-refractivity contribution < 1.29 is 27.8 Å². The summed E-state index contributed by atoms with van der Waals surface area (Å²) in [6, 6.07) is 5.02. The van der Waals surface area contributed by atoms with E-state index < -0.39 is 25.9 Å². The average molecular weight is 393 g/mol. The van der Waals surface area contributed by atoms with Gasteiger partial charge in [-0.2, -0.15) is 0 Å². The van der Waals surface area contributed by atoms with Gasteiger partial charge in [-0.1, -0.05) is 64.2 Å². The number of hydrogen-bond acceptors (Lipinski definition) is 3. The van der Waals surface area contributed by atoms with Crippen LogP contribution < -0.4 is 9.47 Å². The highest BCUT2D eigenvalue weighted by molar-refractivity contribution is 6.76. The van der Waals surface area contributed by atoms with E-state index in [9.17, 15) is 18.3 Å². The molecular formula is C19H31F3O3Si. The molecular weight excluding hydrogens is 361 g/mol. The van der Waals surface area contributed by atoms with Crippen LogP contribution in [-0.4, -0.2) is 26.1 Å². The number of alkyl halides is 3. The molecule has 0 atom stereocenters. The second-order valence-corrected chi connectivity index (χ2v) is 13.4. The highest BCUT2D eigenvalue weighted by Crippen LogP contribution is 2.34. The highest BCUT2D eigenvalue weighted by Gasteiger charge is 2.32. The summed E-state index contributed by atoms with van der Waals surface area (Å²) in [5.41, 5.74) is 0. The minimum absolute atomic E-state index is 0.258. The third kappa shape index (κ3) is 11.3. The highest BCUT2D eigenvalue weighted by atomic mass is 28.3. The van der Waals surface area contributed by atoms with Gasteiger partial charge in [-0.3, -0.25) is 0 Å². The molecule has 0 heterocycles. The maximum Gasteiger partial charge on any atom is 0.573 e. The summed E-state index contributed by atoms with van der Waals surface area (Å²) in [4.78, 5) is 0. The molecule has 3 nitrogen and oxygen atoms in total. The van der Waals surface area contributed by atoms with Crippen molar-refractivity contribution >= 4 is 8.07 Å². The molecule has 0 aliphatic rings. The van der Waals surface area contributed by atoms with Gasteiger partial charge in [-0.15, -0.1) is 13.2 Å². The number of unbranched alkanes of at least 4 members (excludes halogenated alkanes) is 6. The van der Waals surface area contributed by atoms with Crippen molar-refractivity contribution in [2.75, 3.05) is 6.61 Å². The molecule has 0 saturated carbocycles. The first kappa shape index (κ1) is 22.7. The van der Waals surface area contributed by atoms with E-state index in [0.29, 0.717) is 6.61 Å². The molecule has 26 heavy (non-hydrogen) atoms. The summed E-state index contributed by atoms with van der Waals surface area (Å²) in [5.74, 6) is -0.953. The first-order valence-corrected chi connectivity index (χ1v) is 13.0. The SMILES string of the molecule is C[Si](C)(C)CCCCCCCCCOc1ccc(O)c(OC(F)(F)F)c1. The number of benzene rings is 1. The summed E-state index contributed by atoms with van der Waals surface area (Å²) < 4.78 is 45.9. The van der Waals surface area contributed by atoms with Gasteiger partial charge in [-0.25, -0.2) is 0 Å². The Morgan fingerprint density at radius 2 is 1.50 bits per heavy atom. The molecule has 0 spiro atoms. The zero-order valence-corrected chi connectivity index (χ0v) is 17.0. The molecule has 7 heteroatoms. The molecule has 0 radical (unpaired) electrons. The van der Waals surface area contributed by atoms with E-state index >= 15 is 0 Å². The van der Waals surface area contributed by atoms with E-state index in [-0.39, 0.29) is 5.75 Å². The maximum absolute atomic E-state index is 12.2. The predicted molar refractivity (Wildman–Crippen MR) is 101 cm³/mol. The van der Waals surface area contributed by atoms with E-state index in [2.05, 4.69) is 24.4 Å². The van der Waals surface area contributed by atoms with Crippen LogP contribution >= 0.6 is 0 Å². The number of aromatic hydroxyl groups is 1. The van der Waals surface area contributed by atoms with Crippen molar-refractivity contribution in [1.82, 2.24) is 0 Å². The van der Waals surface area contributed by atoms with Crippen molar-refractivity contribution in [3.8, 4) is 17.2 Å².